The van der Waals surface area contributed by atoms with E-state index in [0.29, 0.717) is 10.0 Å². The minimum Gasteiger partial charge on any atom is -0.377 e. The average Bonchev–Trinajstić information content (AvgIpc) is 2.34. The molecular weight excluding hydrogens is 269 g/mol. The molecule has 0 heterocycles. The molecule has 1 aromatic rings. The van der Waals surface area contributed by atoms with Gasteiger partial charge in [0.25, 0.3) is 0 Å². The molecule has 0 bridgehead atoms. The van der Waals surface area contributed by atoms with Crippen molar-refractivity contribution in [3.8, 4) is 0 Å². The first-order chi connectivity index (χ1) is 8.42. The molecular formula is C14H21Cl2NO. The average molecular weight is 290 g/mol. The molecule has 1 unspecified atom stereocenters. The molecule has 102 valence electrons. The number of halogens is 2. The van der Waals surface area contributed by atoms with Crippen molar-refractivity contribution in [3.05, 3.63) is 33.8 Å². The van der Waals surface area contributed by atoms with Gasteiger partial charge in [-0.25, -0.2) is 0 Å². The molecule has 0 saturated carbocycles. The summed E-state index contributed by atoms with van der Waals surface area (Å²) in [7, 11) is 1.72. The van der Waals surface area contributed by atoms with Crippen LogP contribution in [0.3, 0.4) is 0 Å². The summed E-state index contributed by atoms with van der Waals surface area (Å²) in [5.74, 6) is 0. The maximum atomic E-state index is 6.08. The summed E-state index contributed by atoms with van der Waals surface area (Å²) in [5.41, 5.74) is 0.775. The molecule has 2 nitrogen and oxygen atoms in total. The van der Waals surface area contributed by atoms with Crippen LogP contribution in [0.1, 0.15) is 38.8 Å². The van der Waals surface area contributed by atoms with Crippen LogP contribution in [0.25, 0.3) is 0 Å². The van der Waals surface area contributed by atoms with Crippen LogP contribution in [-0.2, 0) is 4.74 Å². The number of nitrogens with one attached hydrogen (secondary N) is 1. The molecule has 0 radical (unpaired) electrons. The first-order valence-corrected chi connectivity index (χ1v) is 6.91. The summed E-state index contributed by atoms with van der Waals surface area (Å²) in [6.45, 7) is 7.18. The second-order valence-corrected chi connectivity index (χ2v) is 5.68. The molecule has 0 spiro atoms. The molecule has 1 N–H and O–H groups in total. The lowest BCUT2D eigenvalue weighted by atomic mass is 9.91. The largest absolute Gasteiger partial charge is 0.377 e. The van der Waals surface area contributed by atoms with E-state index in [2.05, 4.69) is 26.1 Å². The SMILES string of the molecule is CCCNC(c1ccc(Cl)c(Cl)c1)C(C)(C)OC. The topological polar surface area (TPSA) is 21.3 Å². The molecule has 0 aromatic heterocycles. The number of ether oxygens (including phenoxy) is 1. The molecule has 0 aliphatic rings. The van der Waals surface area contributed by atoms with Crippen molar-refractivity contribution in [2.75, 3.05) is 13.7 Å². The first-order valence-electron chi connectivity index (χ1n) is 6.16. The van der Waals surface area contributed by atoms with Gasteiger partial charge in [0.15, 0.2) is 0 Å². The van der Waals surface area contributed by atoms with Crippen molar-refractivity contribution in [2.24, 2.45) is 0 Å². The predicted octanol–water partition coefficient (Wildman–Crippen LogP) is 4.46. The summed E-state index contributed by atoms with van der Waals surface area (Å²) < 4.78 is 5.58. The molecule has 4 heteroatoms. The van der Waals surface area contributed by atoms with E-state index in [1.807, 2.05) is 18.2 Å². The monoisotopic (exact) mass is 289 g/mol. The predicted molar refractivity (Wildman–Crippen MR) is 78.6 cm³/mol. The third-order valence-electron chi connectivity index (χ3n) is 3.10. The molecule has 0 aliphatic carbocycles. The van der Waals surface area contributed by atoms with Crippen LogP contribution in [0.5, 0.6) is 0 Å². The number of rotatable bonds is 6. The Morgan fingerprint density at radius 2 is 1.94 bits per heavy atom. The van der Waals surface area contributed by atoms with E-state index in [4.69, 9.17) is 27.9 Å². The van der Waals surface area contributed by atoms with E-state index < -0.39 is 0 Å². The highest BCUT2D eigenvalue weighted by Crippen LogP contribution is 2.32. The number of methoxy groups -OCH3 is 1. The van der Waals surface area contributed by atoms with Crippen LogP contribution in [0.15, 0.2) is 18.2 Å². The normalized spacial score (nSPS) is 13.7. The zero-order valence-corrected chi connectivity index (χ0v) is 12.9. The van der Waals surface area contributed by atoms with Gasteiger partial charge in [-0.1, -0.05) is 36.2 Å². The third kappa shape index (κ3) is 3.86. The van der Waals surface area contributed by atoms with Crippen molar-refractivity contribution in [1.82, 2.24) is 5.32 Å². The lowest BCUT2D eigenvalue weighted by Crippen LogP contribution is -2.41. The van der Waals surface area contributed by atoms with Crippen LogP contribution in [0.2, 0.25) is 10.0 Å². The van der Waals surface area contributed by atoms with E-state index in [-0.39, 0.29) is 11.6 Å². The molecule has 1 rings (SSSR count). The molecule has 0 saturated heterocycles. The van der Waals surface area contributed by atoms with Crippen LogP contribution >= 0.6 is 23.2 Å². The molecule has 0 amide bonds. The van der Waals surface area contributed by atoms with Crippen molar-refractivity contribution in [1.29, 1.82) is 0 Å². The van der Waals surface area contributed by atoms with Gasteiger partial charge in [0.05, 0.1) is 21.7 Å². The molecule has 1 atom stereocenters. The van der Waals surface area contributed by atoms with Crippen molar-refractivity contribution in [3.63, 3.8) is 0 Å². The van der Waals surface area contributed by atoms with Crippen LogP contribution in [-0.4, -0.2) is 19.3 Å². The van der Waals surface area contributed by atoms with E-state index in [0.717, 1.165) is 18.5 Å². The Hall–Kier alpha value is -0.280. The smallest absolute Gasteiger partial charge is 0.0816 e. The molecule has 0 aliphatic heterocycles. The van der Waals surface area contributed by atoms with Crippen LogP contribution in [0, 0.1) is 0 Å². The lowest BCUT2D eigenvalue weighted by Gasteiger charge is -2.34. The lowest BCUT2D eigenvalue weighted by molar-refractivity contribution is -0.0110. The van der Waals surface area contributed by atoms with E-state index in [1.54, 1.807) is 7.11 Å². The van der Waals surface area contributed by atoms with Gasteiger partial charge < -0.3 is 10.1 Å². The summed E-state index contributed by atoms with van der Waals surface area (Å²) >= 11 is 12.0. The van der Waals surface area contributed by atoms with Crippen LogP contribution < -0.4 is 5.32 Å². The maximum absolute atomic E-state index is 6.08. The second-order valence-electron chi connectivity index (χ2n) is 4.87. The van der Waals surface area contributed by atoms with Crippen molar-refractivity contribution in [2.45, 2.75) is 38.8 Å². The van der Waals surface area contributed by atoms with Gasteiger partial charge >= 0.3 is 0 Å². The Balaban J connectivity index is 3.05. The van der Waals surface area contributed by atoms with Gasteiger partial charge in [-0.2, -0.15) is 0 Å². The molecule has 18 heavy (non-hydrogen) atoms. The zero-order chi connectivity index (χ0) is 13.8. The summed E-state index contributed by atoms with van der Waals surface area (Å²) in [6.07, 6.45) is 1.07. The van der Waals surface area contributed by atoms with E-state index in [1.165, 1.54) is 0 Å². The quantitative estimate of drug-likeness (QED) is 0.835. The standard InChI is InChI=1S/C14H21Cl2NO/c1-5-8-17-13(14(2,3)18-4)10-6-7-11(15)12(16)9-10/h6-7,9,13,17H,5,8H2,1-4H3. The summed E-state index contributed by atoms with van der Waals surface area (Å²) in [4.78, 5) is 0. The zero-order valence-electron chi connectivity index (χ0n) is 11.4. The number of hydrogen-bond donors (Lipinski definition) is 1. The van der Waals surface area contributed by atoms with Gasteiger partial charge in [0.2, 0.25) is 0 Å². The Kier molecular flexibility index (Phi) is 5.93. The van der Waals surface area contributed by atoms with Gasteiger partial charge in [0, 0.05) is 7.11 Å². The molecule has 1 aromatic carbocycles. The Morgan fingerprint density at radius 1 is 1.28 bits per heavy atom. The second kappa shape index (κ2) is 6.76. The highest BCUT2D eigenvalue weighted by atomic mass is 35.5. The first kappa shape index (κ1) is 15.8. The Morgan fingerprint density at radius 3 is 2.44 bits per heavy atom. The third-order valence-corrected chi connectivity index (χ3v) is 3.84. The van der Waals surface area contributed by atoms with Gasteiger partial charge in [-0.05, 0) is 44.5 Å². The van der Waals surface area contributed by atoms with Crippen molar-refractivity contribution >= 4 is 23.2 Å². The Bertz CT molecular complexity index is 393. The summed E-state index contributed by atoms with van der Waals surface area (Å²) in [6, 6.07) is 5.79. The minimum atomic E-state index is -0.313. The van der Waals surface area contributed by atoms with E-state index >= 15 is 0 Å². The van der Waals surface area contributed by atoms with Crippen LogP contribution in [0.4, 0.5) is 0 Å². The maximum Gasteiger partial charge on any atom is 0.0816 e. The fraction of sp³-hybridized carbons (Fsp3) is 0.571. The highest BCUT2D eigenvalue weighted by molar-refractivity contribution is 6.42. The van der Waals surface area contributed by atoms with E-state index in [9.17, 15) is 0 Å². The fourth-order valence-electron chi connectivity index (χ4n) is 1.86. The molecule has 0 fully saturated rings. The van der Waals surface area contributed by atoms with Crippen molar-refractivity contribution < 1.29 is 4.74 Å². The number of benzene rings is 1. The minimum absolute atomic E-state index is 0.0808. The Labute approximate surface area is 120 Å². The highest BCUT2D eigenvalue weighted by Gasteiger charge is 2.30. The summed E-state index contributed by atoms with van der Waals surface area (Å²) in [5, 5.41) is 4.64. The van der Waals surface area contributed by atoms with Gasteiger partial charge in [-0.3, -0.25) is 0 Å². The number of hydrogen-bond acceptors (Lipinski definition) is 2. The van der Waals surface area contributed by atoms with Gasteiger partial charge in [-0.15, -0.1) is 0 Å². The van der Waals surface area contributed by atoms with Gasteiger partial charge in [0.1, 0.15) is 0 Å². The fourth-order valence-corrected chi connectivity index (χ4v) is 2.17.